The van der Waals surface area contributed by atoms with Gasteiger partial charge in [-0.05, 0) is 6.07 Å². The van der Waals surface area contributed by atoms with Crippen LogP contribution in [0.5, 0.6) is 0 Å². The predicted octanol–water partition coefficient (Wildman–Crippen LogP) is 0.222. The largest absolute Gasteiger partial charge is 0.358 e. The van der Waals surface area contributed by atoms with Crippen molar-refractivity contribution in [2.75, 3.05) is 13.6 Å². The third-order valence-electron chi connectivity index (χ3n) is 2.33. The van der Waals surface area contributed by atoms with Gasteiger partial charge in [0.2, 0.25) is 10.0 Å². The Kier molecular flexibility index (Phi) is 1.97. The van der Waals surface area contributed by atoms with Gasteiger partial charge in [-0.1, -0.05) is 0 Å². The standard InChI is InChI=1S/C8H10N2O3S/c1-10-5-3-6(11)8-7(2-4-9-8)14(10,12)13/h2,4,9H,3,5H2,1H3. The van der Waals surface area contributed by atoms with E-state index in [9.17, 15) is 13.2 Å². The molecule has 14 heavy (non-hydrogen) atoms. The second kappa shape index (κ2) is 2.93. The van der Waals surface area contributed by atoms with Gasteiger partial charge in [-0.2, -0.15) is 0 Å². The molecule has 1 N–H and O–H groups in total. The summed E-state index contributed by atoms with van der Waals surface area (Å²) in [5, 5.41) is 0. The highest BCUT2D eigenvalue weighted by molar-refractivity contribution is 7.89. The highest BCUT2D eigenvalue weighted by Gasteiger charge is 2.31. The smallest absolute Gasteiger partial charge is 0.245 e. The number of hydrogen-bond acceptors (Lipinski definition) is 3. The summed E-state index contributed by atoms with van der Waals surface area (Å²) in [5.74, 6) is -0.155. The van der Waals surface area contributed by atoms with E-state index in [-0.39, 0.29) is 29.3 Å². The Morgan fingerprint density at radius 2 is 2.21 bits per heavy atom. The van der Waals surface area contributed by atoms with Crippen LogP contribution in [0.4, 0.5) is 0 Å². The highest BCUT2D eigenvalue weighted by Crippen LogP contribution is 2.23. The van der Waals surface area contributed by atoms with E-state index in [1.165, 1.54) is 23.6 Å². The van der Waals surface area contributed by atoms with Gasteiger partial charge in [-0.25, -0.2) is 12.7 Å². The molecule has 1 aliphatic heterocycles. The molecule has 1 aromatic heterocycles. The summed E-state index contributed by atoms with van der Waals surface area (Å²) in [7, 11) is -1.99. The van der Waals surface area contributed by atoms with Gasteiger partial charge < -0.3 is 4.98 Å². The third kappa shape index (κ3) is 1.18. The van der Waals surface area contributed by atoms with Crippen LogP contribution < -0.4 is 0 Å². The average Bonchev–Trinajstić information content (AvgIpc) is 2.59. The van der Waals surface area contributed by atoms with Crippen LogP contribution in [-0.2, 0) is 10.0 Å². The number of nitrogens with one attached hydrogen (secondary N) is 1. The molecule has 5 nitrogen and oxygen atoms in total. The van der Waals surface area contributed by atoms with E-state index >= 15 is 0 Å². The number of Topliss-reactive ketones (excluding diaryl/α,β-unsaturated/α-hetero) is 1. The number of fused-ring (bicyclic) bond motifs is 1. The van der Waals surface area contributed by atoms with E-state index in [2.05, 4.69) is 4.98 Å². The number of hydrogen-bond donors (Lipinski definition) is 1. The zero-order valence-electron chi connectivity index (χ0n) is 7.65. The molecule has 0 spiro atoms. The molecule has 1 aromatic rings. The van der Waals surface area contributed by atoms with Crippen molar-refractivity contribution < 1.29 is 13.2 Å². The molecule has 0 amide bonds. The van der Waals surface area contributed by atoms with Crippen LogP contribution in [-0.4, -0.2) is 37.1 Å². The fourth-order valence-electron chi connectivity index (χ4n) is 1.46. The molecule has 0 aromatic carbocycles. The first-order valence-electron chi connectivity index (χ1n) is 4.20. The summed E-state index contributed by atoms with van der Waals surface area (Å²) in [6.07, 6.45) is 1.70. The molecular weight excluding hydrogens is 204 g/mol. The number of H-pyrrole nitrogens is 1. The maximum Gasteiger partial charge on any atom is 0.245 e. The molecule has 0 radical (unpaired) electrons. The SMILES string of the molecule is CN1CCC(=O)c2[nH]ccc2S1(=O)=O. The number of nitrogens with zero attached hydrogens (tertiary/aromatic N) is 1. The van der Waals surface area contributed by atoms with Crippen LogP contribution in [0, 0.1) is 0 Å². The fourth-order valence-corrected chi connectivity index (χ4v) is 2.80. The maximum absolute atomic E-state index is 11.8. The average molecular weight is 214 g/mol. The fraction of sp³-hybridized carbons (Fsp3) is 0.375. The molecule has 0 fully saturated rings. The van der Waals surface area contributed by atoms with Crippen molar-refractivity contribution in [3.63, 3.8) is 0 Å². The normalized spacial score (nSPS) is 21.6. The minimum atomic E-state index is -3.47. The van der Waals surface area contributed by atoms with Gasteiger partial charge in [-0.15, -0.1) is 0 Å². The third-order valence-corrected chi connectivity index (χ3v) is 4.23. The van der Waals surface area contributed by atoms with Crippen molar-refractivity contribution in [1.82, 2.24) is 9.29 Å². The van der Waals surface area contributed by atoms with Gasteiger partial charge in [0, 0.05) is 26.2 Å². The first-order valence-corrected chi connectivity index (χ1v) is 5.64. The summed E-state index contributed by atoms with van der Waals surface area (Å²) in [4.78, 5) is 14.2. The Morgan fingerprint density at radius 3 is 2.93 bits per heavy atom. The first-order chi connectivity index (χ1) is 6.53. The zero-order chi connectivity index (χ0) is 10.3. The Balaban J connectivity index is 2.69. The van der Waals surface area contributed by atoms with E-state index in [1.54, 1.807) is 0 Å². The molecule has 0 saturated heterocycles. The molecule has 6 heteroatoms. The predicted molar refractivity (Wildman–Crippen MR) is 49.6 cm³/mol. The van der Waals surface area contributed by atoms with E-state index in [0.717, 1.165) is 0 Å². The van der Waals surface area contributed by atoms with Crippen LogP contribution in [0.1, 0.15) is 16.9 Å². The van der Waals surface area contributed by atoms with Gasteiger partial charge in [-0.3, -0.25) is 4.79 Å². The second-order valence-corrected chi connectivity index (χ2v) is 5.23. The van der Waals surface area contributed by atoms with E-state index in [0.29, 0.717) is 0 Å². The quantitative estimate of drug-likeness (QED) is 0.671. The van der Waals surface area contributed by atoms with Crippen molar-refractivity contribution >= 4 is 15.8 Å². The molecule has 0 unspecified atom stereocenters. The summed E-state index contributed by atoms with van der Waals surface area (Å²) in [6, 6.07) is 1.42. The van der Waals surface area contributed by atoms with Crippen molar-refractivity contribution in [2.45, 2.75) is 11.3 Å². The molecular formula is C8H10N2O3S. The van der Waals surface area contributed by atoms with Gasteiger partial charge in [0.25, 0.3) is 0 Å². The number of aromatic nitrogens is 1. The van der Waals surface area contributed by atoms with Crippen molar-refractivity contribution in [1.29, 1.82) is 0 Å². The Labute approximate surface area is 81.8 Å². The van der Waals surface area contributed by atoms with Gasteiger partial charge in [0.15, 0.2) is 5.78 Å². The molecule has 0 aliphatic carbocycles. The number of sulfonamides is 1. The minimum Gasteiger partial charge on any atom is -0.358 e. The number of aromatic amines is 1. The first kappa shape index (κ1) is 9.42. The van der Waals surface area contributed by atoms with Crippen LogP contribution in [0.15, 0.2) is 17.2 Å². The number of ketones is 1. The molecule has 0 atom stereocenters. The number of rotatable bonds is 0. The lowest BCUT2D eigenvalue weighted by Crippen LogP contribution is -2.26. The van der Waals surface area contributed by atoms with Gasteiger partial charge >= 0.3 is 0 Å². The lowest BCUT2D eigenvalue weighted by molar-refractivity contribution is 0.0973. The molecule has 2 heterocycles. The van der Waals surface area contributed by atoms with E-state index in [1.807, 2.05) is 0 Å². The van der Waals surface area contributed by atoms with Gasteiger partial charge in [0.05, 0.1) is 0 Å². The Morgan fingerprint density at radius 1 is 1.50 bits per heavy atom. The summed E-state index contributed by atoms with van der Waals surface area (Å²) >= 11 is 0. The van der Waals surface area contributed by atoms with E-state index in [4.69, 9.17) is 0 Å². The summed E-state index contributed by atoms with van der Waals surface area (Å²) < 4.78 is 24.8. The van der Waals surface area contributed by atoms with Crippen LogP contribution in [0.3, 0.4) is 0 Å². The molecule has 0 saturated carbocycles. The molecule has 0 bridgehead atoms. The van der Waals surface area contributed by atoms with Crippen LogP contribution in [0.25, 0.3) is 0 Å². The maximum atomic E-state index is 11.8. The summed E-state index contributed by atoms with van der Waals surface area (Å²) in [6.45, 7) is 0.240. The van der Waals surface area contributed by atoms with Crippen molar-refractivity contribution in [3.8, 4) is 0 Å². The lowest BCUT2D eigenvalue weighted by Gasteiger charge is -2.12. The topological polar surface area (TPSA) is 70.2 Å². The van der Waals surface area contributed by atoms with Crippen molar-refractivity contribution in [3.05, 3.63) is 18.0 Å². The molecule has 2 rings (SSSR count). The van der Waals surface area contributed by atoms with Crippen molar-refractivity contribution in [2.24, 2.45) is 0 Å². The Bertz CT molecular complexity index is 475. The van der Waals surface area contributed by atoms with Crippen LogP contribution in [0.2, 0.25) is 0 Å². The molecule has 1 aliphatic rings. The monoisotopic (exact) mass is 214 g/mol. The second-order valence-electron chi connectivity index (χ2n) is 3.22. The number of carbonyl (C=O) groups is 1. The zero-order valence-corrected chi connectivity index (χ0v) is 8.47. The highest BCUT2D eigenvalue weighted by atomic mass is 32.2. The molecule has 76 valence electrons. The summed E-state index contributed by atoms with van der Waals surface area (Å²) in [5.41, 5.74) is 0.203. The minimum absolute atomic E-state index is 0.0856. The van der Waals surface area contributed by atoms with Crippen LogP contribution >= 0.6 is 0 Å². The van der Waals surface area contributed by atoms with E-state index < -0.39 is 10.0 Å². The van der Waals surface area contributed by atoms with Gasteiger partial charge in [0.1, 0.15) is 10.6 Å². The lowest BCUT2D eigenvalue weighted by atomic mass is 10.2. The Hall–Kier alpha value is -1.14. The number of carbonyl (C=O) groups excluding carboxylic acids is 1.